The predicted octanol–water partition coefficient (Wildman–Crippen LogP) is 2.12. The van der Waals surface area contributed by atoms with Gasteiger partial charge in [-0.15, -0.1) is 11.3 Å². The minimum atomic E-state index is -0.0127. The van der Waals surface area contributed by atoms with E-state index in [1.54, 1.807) is 0 Å². The Bertz CT molecular complexity index is 329. The van der Waals surface area contributed by atoms with Crippen molar-refractivity contribution in [2.75, 3.05) is 0 Å². The number of hydrogen-bond acceptors (Lipinski definition) is 3. The number of aryl methyl sites for hydroxylation is 1. The summed E-state index contributed by atoms with van der Waals surface area (Å²) in [5.41, 5.74) is 0.569. The van der Waals surface area contributed by atoms with Crippen molar-refractivity contribution in [3.8, 4) is 0 Å². The Morgan fingerprint density at radius 2 is 2.29 bits per heavy atom. The van der Waals surface area contributed by atoms with E-state index in [9.17, 15) is 4.79 Å². The highest BCUT2D eigenvalue weighted by Crippen LogP contribution is 2.18. The van der Waals surface area contributed by atoms with Crippen LogP contribution in [0.3, 0.4) is 0 Å². The number of aromatic nitrogens is 1. The van der Waals surface area contributed by atoms with Gasteiger partial charge >= 0.3 is 0 Å². The standard InChI is InChI=1S/C10H14N2OS/c1-7-11-9(6-14-7)10(13)12-8-4-2-3-5-8/h6,8H,2-5H2,1H3,(H,12,13). The molecule has 1 N–H and O–H groups in total. The number of rotatable bonds is 2. The molecule has 1 aliphatic carbocycles. The van der Waals surface area contributed by atoms with Crippen LogP contribution in [0.2, 0.25) is 0 Å². The van der Waals surface area contributed by atoms with Crippen molar-refractivity contribution in [3.05, 3.63) is 16.1 Å². The van der Waals surface area contributed by atoms with Crippen LogP contribution >= 0.6 is 11.3 Å². The molecule has 1 aromatic rings. The van der Waals surface area contributed by atoms with Gasteiger partial charge in [0.05, 0.1) is 5.01 Å². The summed E-state index contributed by atoms with van der Waals surface area (Å²) in [5.74, 6) is -0.0127. The first kappa shape index (κ1) is 9.65. The molecule has 0 radical (unpaired) electrons. The Balaban J connectivity index is 1.95. The van der Waals surface area contributed by atoms with Crippen LogP contribution in [-0.4, -0.2) is 16.9 Å². The van der Waals surface area contributed by atoms with Crippen molar-refractivity contribution in [3.63, 3.8) is 0 Å². The highest BCUT2D eigenvalue weighted by molar-refractivity contribution is 7.09. The van der Waals surface area contributed by atoms with E-state index in [4.69, 9.17) is 0 Å². The Morgan fingerprint density at radius 1 is 1.57 bits per heavy atom. The van der Waals surface area contributed by atoms with Gasteiger partial charge in [0.1, 0.15) is 5.69 Å². The lowest BCUT2D eigenvalue weighted by Gasteiger charge is -2.09. The number of thiazole rings is 1. The predicted molar refractivity (Wildman–Crippen MR) is 56.6 cm³/mol. The van der Waals surface area contributed by atoms with Crippen molar-refractivity contribution in [1.29, 1.82) is 0 Å². The molecule has 1 aromatic heterocycles. The molecule has 0 bridgehead atoms. The molecule has 1 aliphatic rings. The Morgan fingerprint density at radius 3 is 2.86 bits per heavy atom. The Kier molecular flexibility index (Phi) is 2.82. The molecular weight excluding hydrogens is 196 g/mol. The topological polar surface area (TPSA) is 42.0 Å². The third-order valence-corrected chi connectivity index (χ3v) is 3.32. The van der Waals surface area contributed by atoms with Crippen molar-refractivity contribution >= 4 is 17.2 Å². The van der Waals surface area contributed by atoms with Crippen molar-refractivity contribution in [2.45, 2.75) is 38.6 Å². The first-order valence-electron chi connectivity index (χ1n) is 4.99. The van der Waals surface area contributed by atoms with Gasteiger partial charge < -0.3 is 5.32 Å². The first-order valence-corrected chi connectivity index (χ1v) is 5.86. The van der Waals surface area contributed by atoms with Crippen LogP contribution in [0.1, 0.15) is 41.2 Å². The van der Waals surface area contributed by atoms with E-state index >= 15 is 0 Å². The summed E-state index contributed by atoms with van der Waals surface area (Å²) in [7, 11) is 0. The zero-order valence-electron chi connectivity index (χ0n) is 8.25. The molecule has 1 heterocycles. The summed E-state index contributed by atoms with van der Waals surface area (Å²) in [6.07, 6.45) is 4.71. The molecule has 0 unspecified atom stereocenters. The van der Waals surface area contributed by atoms with Gasteiger partial charge in [-0.2, -0.15) is 0 Å². The number of hydrogen-bond donors (Lipinski definition) is 1. The van der Waals surface area contributed by atoms with Crippen LogP contribution in [0, 0.1) is 6.92 Å². The van der Waals surface area contributed by atoms with Crippen LogP contribution in [0.25, 0.3) is 0 Å². The zero-order valence-corrected chi connectivity index (χ0v) is 9.06. The molecule has 4 heteroatoms. The van der Waals surface area contributed by atoms with E-state index in [0.29, 0.717) is 11.7 Å². The van der Waals surface area contributed by atoms with Crippen LogP contribution in [0.5, 0.6) is 0 Å². The van der Waals surface area contributed by atoms with E-state index in [1.165, 1.54) is 24.2 Å². The van der Waals surface area contributed by atoms with Gasteiger partial charge in [-0.3, -0.25) is 4.79 Å². The van der Waals surface area contributed by atoms with Crippen LogP contribution in [0.4, 0.5) is 0 Å². The third-order valence-electron chi connectivity index (χ3n) is 2.54. The maximum atomic E-state index is 11.6. The molecule has 14 heavy (non-hydrogen) atoms. The van der Waals surface area contributed by atoms with Gasteiger partial charge in [0, 0.05) is 11.4 Å². The number of carbonyl (C=O) groups excluding carboxylic acids is 1. The van der Waals surface area contributed by atoms with Crippen LogP contribution in [-0.2, 0) is 0 Å². The molecule has 76 valence electrons. The normalized spacial score (nSPS) is 17.2. The summed E-state index contributed by atoms with van der Waals surface area (Å²) in [5, 5.41) is 5.78. The number of nitrogens with one attached hydrogen (secondary N) is 1. The highest BCUT2D eigenvalue weighted by Gasteiger charge is 2.18. The fourth-order valence-corrected chi connectivity index (χ4v) is 2.39. The summed E-state index contributed by atoms with van der Waals surface area (Å²) >= 11 is 1.52. The number of nitrogens with zero attached hydrogens (tertiary/aromatic N) is 1. The number of amides is 1. The lowest BCUT2D eigenvalue weighted by atomic mass is 10.2. The summed E-state index contributed by atoms with van der Waals surface area (Å²) in [4.78, 5) is 15.8. The van der Waals surface area contributed by atoms with Crippen LogP contribution < -0.4 is 5.32 Å². The zero-order chi connectivity index (χ0) is 9.97. The third kappa shape index (κ3) is 2.12. The second-order valence-electron chi connectivity index (χ2n) is 3.71. The van der Waals surface area contributed by atoms with Gasteiger partial charge in [0.25, 0.3) is 5.91 Å². The minimum Gasteiger partial charge on any atom is -0.348 e. The van der Waals surface area contributed by atoms with E-state index in [2.05, 4.69) is 10.3 Å². The monoisotopic (exact) mass is 210 g/mol. The second-order valence-corrected chi connectivity index (χ2v) is 4.77. The minimum absolute atomic E-state index is 0.0127. The van der Waals surface area contributed by atoms with Crippen molar-refractivity contribution in [2.24, 2.45) is 0 Å². The van der Waals surface area contributed by atoms with Gasteiger partial charge in [-0.25, -0.2) is 4.98 Å². The molecule has 3 nitrogen and oxygen atoms in total. The summed E-state index contributed by atoms with van der Waals surface area (Å²) < 4.78 is 0. The summed E-state index contributed by atoms with van der Waals surface area (Å²) in [6.45, 7) is 1.91. The van der Waals surface area contributed by atoms with E-state index in [1.807, 2.05) is 12.3 Å². The molecule has 0 saturated heterocycles. The fraction of sp³-hybridized carbons (Fsp3) is 0.600. The lowest BCUT2D eigenvalue weighted by molar-refractivity contribution is 0.0933. The molecule has 2 rings (SSSR count). The molecule has 0 aromatic carbocycles. The number of carbonyl (C=O) groups is 1. The summed E-state index contributed by atoms with van der Waals surface area (Å²) in [6, 6.07) is 0.379. The Hall–Kier alpha value is -0.900. The SMILES string of the molecule is Cc1nc(C(=O)NC2CCCC2)cs1. The fourth-order valence-electron chi connectivity index (χ4n) is 1.80. The van der Waals surface area contributed by atoms with Crippen LogP contribution in [0.15, 0.2) is 5.38 Å². The highest BCUT2D eigenvalue weighted by atomic mass is 32.1. The van der Waals surface area contributed by atoms with E-state index < -0.39 is 0 Å². The maximum absolute atomic E-state index is 11.6. The van der Waals surface area contributed by atoms with Gasteiger partial charge in [0.2, 0.25) is 0 Å². The molecule has 0 aliphatic heterocycles. The molecule has 0 atom stereocenters. The largest absolute Gasteiger partial charge is 0.348 e. The van der Waals surface area contributed by atoms with E-state index in [-0.39, 0.29) is 5.91 Å². The van der Waals surface area contributed by atoms with Crippen molar-refractivity contribution < 1.29 is 4.79 Å². The second kappa shape index (κ2) is 4.09. The van der Waals surface area contributed by atoms with Gasteiger partial charge in [-0.1, -0.05) is 12.8 Å². The lowest BCUT2D eigenvalue weighted by Crippen LogP contribution is -2.32. The smallest absolute Gasteiger partial charge is 0.270 e. The first-order chi connectivity index (χ1) is 6.75. The van der Waals surface area contributed by atoms with Gasteiger partial charge in [-0.05, 0) is 19.8 Å². The molecular formula is C10H14N2OS. The van der Waals surface area contributed by atoms with Crippen molar-refractivity contribution in [1.82, 2.24) is 10.3 Å². The molecule has 1 saturated carbocycles. The molecule has 1 fully saturated rings. The average Bonchev–Trinajstić information content (AvgIpc) is 2.75. The average molecular weight is 210 g/mol. The van der Waals surface area contributed by atoms with E-state index in [0.717, 1.165) is 17.8 Å². The Labute approximate surface area is 87.6 Å². The molecule has 0 spiro atoms. The quantitative estimate of drug-likeness (QED) is 0.812. The maximum Gasteiger partial charge on any atom is 0.270 e. The van der Waals surface area contributed by atoms with Gasteiger partial charge in [0.15, 0.2) is 0 Å². The molecule has 1 amide bonds.